The lowest BCUT2D eigenvalue weighted by molar-refractivity contribution is 0.344. The second-order valence-corrected chi connectivity index (χ2v) is 5.20. The molecule has 0 radical (unpaired) electrons. The molecule has 0 aromatic heterocycles. The summed E-state index contributed by atoms with van der Waals surface area (Å²) < 4.78 is 0. The Morgan fingerprint density at radius 2 is 1.71 bits per heavy atom. The van der Waals surface area contributed by atoms with E-state index in [9.17, 15) is 0 Å². The summed E-state index contributed by atoms with van der Waals surface area (Å²) in [7, 11) is 2.02. The van der Waals surface area contributed by atoms with Crippen LogP contribution in [0.1, 0.15) is 45.1 Å². The van der Waals surface area contributed by atoms with Crippen molar-refractivity contribution in [1.82, 2.24) is 5.32 Å². The molecule has 1 N–H and O–H groups in total. The second-order valence-electron chi connectivity index (χ2n) is 4.79. The number of hydrogen-bond donors (Lipinski definition) is 1. The van der Waals surface area contributed by atoms with Gasteiger partial charge in [0.05, 0.1) is 0 Å². The molecule has 0 amide bonds. The number of nitrogens with one attached hydrogen (secondary N) is 1. The SMILES string of the molecule is CCCC(CCC)(CNC)c1ccccc1Cl. The largest absolute Gasteiger partial charge is 0.319 e. The molecule has 0 bridgehead atoms. The summed E-state index contributed by atoms with van der Waals surface area (Å²) in [6.45, 7) is 5.49. The second kappa shape index (κ2) is 7.03. The molecule has 0 heterocycles. The third-order valence-electron chi connectivity index (χ3n) is 3.42. The van der Waals surface area contributed by atoms with Crippen molar-refractivity contribution in [3.05, 3.63) is 34.9 Å². The molecule has 0 saturated heterocycles. The van der Waals surface area contributed by atoms with E-state index >= 15 is 0 Å². The lowest BCUT2D eigenvalue weighted by Crippen LogP contribution is -2.37. The van der Waals surface area contributed by atoms with E-state index in [-0.39, 0.29) is 5.41 Å². The molecule has 1 aromatic rings. The van der Waals surface area contributed by atoms with Crippen molar-refractivity contribution < 1.29 is 0 Å². The van der Waals surface area contributed by atoms with E-state index in [1.807, 2.05) is 19.2 Å². The molecule has 0 aliphatic heterocycles. The zero-order valence-corrected chi connectivity index (χ0v) is 12.0. The van der Waals surface area contributed by atoms with Gasteiger partial charge in [-0.3, -0.25) is 0 Å². The van der Waals surface area contributed by atoms with Crippen LogP contribution in [0, 0.1) is 0 Å². The predicted octanol–water partition coefficient (Wildman–Crippen LogP) is 4.40. The highest BCUT2D eigenvalue weighted by atomic mass is 35.5. The van der Waals surface area contributed by atoms with Crippen molar-refractivity contribution in [1.29, 1.82) is 0 Å². The van der Waals surface area contributed by atoms with Gasteiger partial charge in [-0.2, -0.15) is 0 Å². The van der Waals surface area contributed by atoms with Gasteiger partial charge in [0.25, 0.3) is 0 Å². The van der Waals surface area contributed by atoms with E-state index in [4.69, 9.17) is 11.6 Å². The van der Waals surface area contributed by atoms with Crippen LogP contribution in [0.25, 0.3) is 0 Å². The smallest absolute Gasteiger partial charge is 0.0444 e. The first-order valence-corrected chi connectivity index (χ1v) is 6.97. The van der Waals surface area contributed by atoms with Gasteiger partial charge in [0.1, 0.15) is 0 Å². The maximum absolute atomic E-state index is 6.39. The summed E-state index contributed by atoms with van der Waals surface area (Å²) in [4.78, 5) is 0. The van der Waals surface area contributed by atoms with Crippen LogP contribution in [-0.2, 0) is 5.41 Å². The summed E-state index contributed by atoms with van der Waals surface area (Å²) in [6.07, 6.45) is 4.75. The normalized spacial score (nSPS) is 11.8. The fourth-order valence-electron chi connectivity index (χ4n) is 2.85. The first-order valence-electron chi connectivity index (χ1n) is 6.59. The van der Waals surface area contributed by atoms with Crippen molar-refractivity contribution in [2.45, 2.75) is 44.9 Å². The van der Waals surface area contributed by atoms with Gasteiger partial charge >= 0.3 is 0 Å². The zero-order chi connectivity index (χ0) is 12.7. The van der Waals surface area contributed by atoms with Crippen molar-refractivity contribution in [2.24, 2.45) is 0 Å². The summed E-state index contributed by atoms with van der Waals surface area (Å²) >= 11 is 6.39. The minimum atomic E-state index is 0.191. The molecule has 0 atom stereocenters. The zero-order valence-electron chi connectivity index (χ0n) is 11.2. The van der Waals surface area contributed by atoms with Crippen LogP contribution in [0.2, 0.25) is 5.02 Å². The topological polar surface area (TPSA) is 12.0 Å². The number of benzene rings is 1. The van der Waals surface area contributed by atoms with Crippen LogP contribution in [-0.4, -0.2) is 13.6 Å². The lowest BCUT2D eigenvalue weighted by atomic mass is 9.73. The highest BCUT2D eigenvalue weighted by molar-refractivity contribution is 6.31. The minimum Gasteiger partial charge on any atom is -0.319 e. The van der Waals surface area contributed by atoms with Crippen LogP contribution in [0.4, 0.5) is 0 Å². The summed E-state index contributed by atoms with van der Waals surface area (Å²) in [5, 5.41) is 4.25. The number of halogens is 1. The van der Waals surface area contributed by atoms with Crippen molar-refractivity contribution in [3.8, 4) is 0 Å². The van der Waals surface area contributed by atoms with Gasteiger partial charge in [-0.15, -0.1) is 0 Å². The van der Waals surface area contributed by atoms with Crippen LogP contribution >= 0.6 is 11.6 Å². The molecule has 1 aromatic carbocycles. The summed E-state index contributed by atoms with van der Waals surface area (Å²) in [5.41, 5.74) is 1.50. The van der Waals surface area contributed by atoms with Gasteiger partial charge < -0.3 is 5.32 Å². The maximum atomic E-state index is 6.39. The van der Waals surface area contributed by atoms with Crippen LogP contribution in [0.15, 0.2) is 24.3 Å². The Hall–Kier alpha value is -0.530. The third-order valence-corrected chi connectivity index (χ3v) is 3.75. The molecule has 1 nitrogen and oxygen atoms in total. The maximum Gasteiger partial charge on any atom is 0.0444 e. The van der Waals surface area contributed by atoms with E-state index in [1.165, 1.54) is 31.2 Å². The van der Waals surface area contributed by atoms with E-state index in [0.29, 0.717) is 0 Å². The van der Waals surface area contributed by atoms with Gasteiger partial charge in [0.15, 0.2) is 0 Å². The summed E-state index contributed by atoms with van der Waals surface area (Å²) in [6, 6.07) is 8.29. The molecule has 0 aliphatic carbocycles. The van der Waals surface area contributed by atoms with Gasteiger partial charge in [-0.25, -0.2) is 0 Å². The monoisotopic (exact) mass is 253 g/mol. The third kappa shape index (κ3) is 3.46. The Bertz CT molecular complexity index is 318. The van der Waals surface area contributed by atoms with Crippen LogP contribution < -0.4 is 5.32 Å². The van der Waals surface area contributed by atoms with Gasteiger partial charge in [0, 0.05) is 17.0 Å². The molecule has 0 saturated carbocycles. The Balaban J connectivity index is 3.14. The molecule has 0 aliphatic rings. The van der Waals surface area contributed by atoms with Crippen molar-refractivity contribution in [3.63, 3.8) is 0 Å². The molecule has 0 fully saturated rings. The molecule has 2 heteroatoms. The molecule has 0 spiro atoms. The van der Waals surface area contributed by atoms with Gasteiger partial charge in [0.2, 0.25) is 0 Å². The Kier molecular flexibility index (Phi) is 6.01. The van der Waals surface area contributed by atoms with E-state index < -0.39 is 0 Å². The number of likely N-dealkylation sites (N-methyl/N-ethyl adjacent to an activating group) is 1. The average molecular weight is 254 g/mol. The molecule has 96 valence electrons. The Labute approximate surface area is 111 Å². The Morgan fingerprint density at radius 3 is 2.18 bits per heavy atom. The average Bonchev–Trinajstić information content (AvgIpc) is 2.30. The van der Waals surface area contributed by atoms with Gasteiger partial charge in [-0.1, -0.05) is 56.5 Å². The number of rotatable bonds is 7. The van der Waals surface area contributed by atoms with Crippen LogP contribution in [0.3, 0.4) is 0 Å². The molecular formula is C15H24ClN. The Morgan fingerprint density at radius 1 is 1.12 bits per heavy atom. The number of hydrogen-bond acceptors (Lipinski definition) is 1. The molecule has 1 rings (SSSR count). The summed E-state index contributed by atoms with van der Waals surface area (Å²) in [5.74, 6) is 0. The highest BCUT2D eigenvalue weighted by Crippen LogP contribution is 2.37. The molecular weight excluding hydrogens is 230 g/mol. The van der Waals surface area contributed by atoms with Gasteiger partial charge in [-0.05, 0) is 31.5 Å². The predicted molar refractivity (Wildman–Crippen MR) is 76.9 cm³/mol. The van der Waals surface area contributed by atoms with E-state index in [0.717, 1.165) is 11.6 Å². The first kappa shape index (κ1) is 14.5. The van der Waals surface area contributed by atoms with Crippen molar-refractivity contribution in [2.75, 3.05) is 13.6 Å². The highest BCUT2D eigenvalue weighted by Gasteiger charge is 2.31. The molecule has 0 unspecified atom stereocenters. The minimum absolute atomic E-state index is 0.191. The fourth-order valence-corrected chi connectivity index (χ4v) is 3.19. The lowest BCUT2D eigenvalue weighted by Gasteiger charge is -2.35. The van der Waals surface area contributed by atoms with Crippen molar-refractivity contribution >= 4 is 11.6 Å². The molecule has 17 heavy (non-hydrogen) atoms. The van der Waals surface area contributed by atoms with E-state index in [1.54, 1.807) is 0 Å². The quantitative estimate of drug-likeness (QED) is 0.760. The fraction of sp³-hybridized carbons (Fsp3) is 0.600. The van der Waals surface area contributed by atoms with E-state index in [2.05, 4.69) is 31.3 Å². The first-order chi connectivity index (χ1) is 8.20. The van der Waals surface area contributed by atoms with Crippen LogP contribution in [0.5, 0.6) is 0 Å². The standard InChI is InChI=1S/C15H24ClN/c1-4-10-15(11-5-2,12-17-3)13-8-6-7-9-14(13)16/h6-9,17H,4-5,10-12H2,1-3H3.